The summed E-state index contributed by atoms with van der Waals surface area (Å²) in [7, 11) is 0. The van der Waals surface area contributed by atoms with Crippen molar-refractivity contribution >= 4 is 47.3 Å². The van der Waals surface area contributed by atoms with Gasteiger partial charge in [0.25, 0.3) is 0 Å². The van der Waals surface area contributed by atoms with E-state index in [4.69, 9.17) is 21.3 Å². The van der Waals surface area contributed by atoms with Gasteiger partial charge in [0.15, 0.2) is 5.84 Å². The molecule has 2 heterocycles. The Labute approximate surface area is 185 Å². The fraction of sp³-hybridized carbons (Fsp3) is 0.364. The summed E-state index contributed by atoms with van der Waals surface area (Å²) in [4.78, 5) is 12.2. The number of ether oxygens (including phenoxy) is 1. The smallest absolute Gasteiger partial charge is 0.156 e. The molecule has 8 heteroatoms. The van der Waals surface area contributed by atoms with Gasteiger partial charge in [-0.25, -0.2) is 9.38 Å². The van der Waals surface area contributed by atoms with E-state index in [-0.39, 0.29) is 11.8 Å². The molecule has 0 unspecified atom stereocenters. The molecule has 158 valence electrons. The average Bonchev–Trinajstić information content (AvgIpc) is 3.26. The number of rotatable bonds is 6. The van der Waals surface area contributed by atoms with Gasteiger partial charge in [-0.2, -0.15) is 0 Å². The molecule has 0 radical (unpaired) electrons. The van der Waals surface area contributed by atoms with Crippen molar-refractivity contribution in [2.45, 2.75) is 17.9 Å². The van der Waals surface area contributed by atoms with Gasteiger partial charge >= 0.3 is 0 Å². The normalized spacial score (nSPS) is 16.5. The number of anilines is 2. The van der Waals surface area contributed by atoms with Crippen LogP contribution in [-0.2, 0) is 17.7 Å². The van der Waals surface area contributed by atoms with Gasteiger partial charge in [0, 0.05) is 35.0 Å². The zero-order valence-corrected chi connectivity index (χ0v) is 18.2. The number of alkyl halides is 1. The number of amidine groups is 1. The lowest BCUT2D eigenvalue weighted by atomic mass is 10.1. The van der Waals surface area contributed by atoms with Gasteiger partial charge in [-0.15, -0.1) is 23.4 Å². The summed E-state index contributed by atoms with van der Waals surface area (Å²) in [5.74, 6) is 1.27. The van der Waals surface area contributed by atoms with Crippen LogP contribution in [0, 0.1) is 5.82 Å². The van der Waals surface area contributed by atoms with Crippen molar-refractivity contribution in [1.82, 2.24) is 0 Å². The second-order valence-corrected chi connectivity index (χ2v) is 8.45. The molecule has 0 spiro atoms. The van der Waals surface area contributed by atoms with E-state index in [9.17, 15) is 4.39 Å². The van der Waals surface area contributed by atoms with Crippen molar-refractivity contribution in [3.05, 3.63) is 52.8 Å². The summed E-state index contributed by atoms with van der Waals surface area (Å²) < 4.78 is 20.3. The lowest BCUT2D eigenvalue weighted by molar-refractivity contribution is 0.122. The predicted molar refractivity (Wildman–Crippen MR) is 124 cm³/mol. The third-order valence-corrected chi connectivity index (χ3v) is 6.56. The predicted octanol–water partition coefficient (Wildman–Crippen LogP) is 4.57. The summed E-state index contributed by atoms with van der Waals surface area (Å²) in [5.41, 5.74) is 4.32. The first-order chi connectivity index (χ1) is 14.7. The van der Waals surface area contributed by atoms with Gasteiger partial charge in [0.05, 0.1) is 31.4 Å². The van der Waals surface area contributed by atoms with E-state index in [1.54, 1.807) is 6.07 Å². The Balaban J connectivity index is 1.69. The molecule has 0 amide bonds. The van der Waals surface area contributed by atoms with Crippen molar-refractivity contribution in [3.8, 4) is 0 Å². The summed E-state index contributed by atoms with van der Waals surface area (Å²) in [6.07, 6.45) is 1.05. The molecule has 0 atom stereocenters. The first kappa shape index (κ1) is 21.2. The van der Waals surface area contributed by atoms with E-state index >= 15 is 0 Å². The van der Waals surface area contributed by atoms with Crippen LogP contribution in [0.5, 0.6) is 0 Å². The largest absolute Gasteiger partial charge is 0.378 e. The van der Waals surface area contributed by atoms with E-state index < -0.39 is 0 Å². The van der Waals surface area contributed by atoms with E-state index in [1.165, 1.54) is 22.1 Å². The second-order valence-electron chi connectivity index (χ2n) is 7.05. The Morgan fingerprint density at radius 1 is 1.30 bits per heavy atom. The third-order valence-electron chi connectivity index (χ3n) is 5.33. The molecule has 0 aromatic heterocycles. The fourth-order valence-electron chi connectivity index (χ4n) is 3.83. The zero-order chi connectivity index (χ0) is 20.9. The number of benzene rings is 2. The molecule has 2 aromatic rings. The number of nitrogens with zero attached hydrogens (tertiary/aromatic N) is 3. The first-order valence-corrected chi connectivity index (χ1v) is 11.4. The van der Waals surface area contributed by atoms with E-state index in [1.807, 2.05) is 16.7 Å². The molecule has 0 aliphatic carbocycles. The number of nitrogens with one attached hydrogen (secondary N) is 1. The lowest BCUT2D eigenvalue weighted by Gasteiger charge is -2.30. The van der Waals surface area contributed by atoms with Gasteiger partial charge in [-0.05, 0) is 42.5 Å². The molecular weight excluding hydrogens is 423 g/mol. The van der Waals surface area contributed by atoms with Crippen molar-refractivity contribution < 1.29 is 9.13 Å². The highest BCUT2D eigenvalue weighted by Gasteiger charge is 2.20. The van der Waals surface area contributed by atoms with Crippen LogP contribution >= 0.6 is 23.4 Å². The minimum absolute atomic E-state index is 0.150. The average molecular weight is 447 g/mol. The molecule has 1 saturated heterocycles. The molecule has 2 aromatic carbocycles. The molecule has 5 nitrogen and oxygen atoms in total. The summed E-state index contributed by atoms with van der Waals surface area (Å²) in [5, 5.41) is 3.01. The van der Waals surface area contributed by atoms with Gasteiger partial charge in [-0.1, -0.05) is 12.1 Å². The number of fused-ring (bicyclic) bond motifs is 1. The fourth-order valence-corrected chi connectivity index (χ4v) is 5.09. The Bertz CT molecular complexity index is 962. The highest BCUT2D eigenvalue weighted by molar-refractivity contribution is 7.99. The van der Waals surface area contributed by atoms with Gasteiger partial charge in [0.1, 0.15) is 5.82 Å². The summed E-state index contributed by atoms with van der Waals surface area (Å²) in [6.45, 7) is 6.65. The van der Waals surface area contributed by atoms with Crippen LogP contribution in [0.15, 0.2) is 45.2 Å². The van der Waals surface area contributed by atoms with Crippen LogP contribution in [0.3, 0.4) is 0 Å². The van der Waals surface area contributed by atoms with Crippen molar-refractivity contribution in [3.63, 3.8) is 0 Å². The van der Waals surface area contributed by atoms with Crippen LogP contribution in [-0.4, -0.2) is 50.6 Å². The minimum Gasteiger partial charge on any atom is -0.378 e. The molecule has 1 fully saturated rings. The van der Waals surface area contributed by atoms with E-state index in [0.29, 0.717) is 55.6 Å². The molecule has 1 N–H and O–H groups in total. The monoisotopic (exact) mass is 446 g/mol. The van der Waals surface area contributed by atoms with Crippen LogP contribution in [0.25, 0.3) is 0 Å². The Hall–Kier alpha value is -2.09. The zero-order valence-electron chi connectivity index (χ0n) is 16.7. The topological polar surface area (TPSA) is 49.2 Å². The number of aliphatic imine (C=N–C) groups is 2. The van der Waals surface area contributed by atoms with Crippen molar-refractivity contribution in [1.29, 1.82) is 0 Å². The van der Waals surface area contributed by atoms with Crippen LogP contribution in [0.1, 0.15) is 16.7 Å². The maximum Gasteiger partial charge on any atom is 0.156 e. The van der Waals surface area contributed by atoms with Crippen LogP contribution < -0.4 is 10.2 Å². The number of morpholine rings is 1. The minimum atomic E-state index is -0.311. The SMILES string of the molecule is C=NC(=NCc1cccc2c1CCS2)c1cc(N2CCOCC2)c(F)cc1NCCl. The number of halogens is 2. The van der Waals surface area contributed by atoms with Gasteiger partial charge in [0.2, 0.25) is 0 Å². The number of hydrogen-bond acceptors (Lipinski definition) is 5. The molecule has 0 saturated carbocycles. The summed E-state index contributed by atoms with van der Waals surface area (Å²) in [6, 6.07) is 9.73. The molecule has 30 heavy (non-hydrogen) atoms. The molecular formula is C22H24ClFN4OS. The second kappa shape index (κ2) is 9.81. The lowest BCUT2D eigenvalue weighted by Crippen LogP contribution is -2.36. The Morgan fingerprint density at radius 2 is 2.13 bits per heavy atom. The van der Waals surface area contributed by atoms with Crippen molar-refractivity contribution in [2.24, 2.45) is 9.98 Å². The molecule has 2 aliphatic rings. The molecule has 2 aliphatic heterocycles. The van der Waals surface area contributed by atoms with Crippen LogP contribution in [0.4, 0.5) is 15.8 Å². The number of hydrogen-bond donors (Lipinski definition) is 1. The highest BCUT2D eigenvalue weighted by atomic mass is 35.5. The number of thioether (sulfide) groups is 1. The molecule has 4 rings (SSSR count). The standard InChI is InChI=1S/C22H24ClFN4OS/c1-25-22(26-13-15-3-2-4-21-16(15)5-10-30-21)17-11-20(28-6-8-29-9-7-28)18(24)12-19(17)27-14-23/h2-4,11-12,27H,1,5-10,13-14H2. The third kappa shape index (κ3) is 4.48. The highest BCUT2D eigenvalue weighted by Crippen LogP contribution is 2.34. The first-order valence-electron chi connectivity index (χ1n) is 9.92. The quantitative estimate of drug-likeness (QED) is 0.306. The van der Waals surface area contributed by atoms with Crippen molar-refractivity contribution in [2.75, 3.05) is 48.3 Å². The van der Waals surface area contributed by atoms with Gasteiger partial charge < -0.3 is 15.0 Å². The Morgan fingerprint density at radius 3 is 2.90 bits per heavy atom. The van der Waals surface area contributed by atoms with E-state index in [0.717, 1.165) is 12.2 Å². The Kier molecular flexibility index (Phi) is 6.92. The molecule has 0 bridgehead atoms. The maximum atomic E-state index is 14.9. The van der Waals surface area contributed by atoms with Gasteiger partial charge in [-0.3, -0.25) is 4.99 Å². The summed E-state index contributed by atoms with van der Waals surface area (Å²) >= 11 is 7.77. The van der Waals surface area contributed by atoms with Crippen LogP contribution in [0.2, 0.25) is 0 Å². The maximum absolute atomic E-state index is 14.9. The van der Waals surface area contributed by atoms with E-state index in [2.05, 4.69) is 35.2 Å².